The first-order chi connectivity index (χ1) is 14.1. The van der Waals surface area contributed by atoms with Crippen LogP contribution in [0.25, 0.3) is 0 Å². The van der Waals surface area contributed by atoms with Crippen LogP contribution < -0.4 is 9.80 Å². The van der Waals surface area contributed by atoms with Crippen LogP contribution in [0.3, 0.4) is 0 Å². The van der Waals surface area contributed by atoms with Crippen LogP contribution >= 0.6 is 0 Å². The minimum atomic E-state index is -0.231. The number of anilines is 2. The lowest BCUT2D eigenvalue weighted by Gasteiger charge is -2.36. The van der Waals surface area contributed by atoms with Gasteiger partial charge >= 0.3 is 0 Å². The van der Waals surface area contributed by atoms with Crippen molar-refractivity contribution >= 4 is 23.2 Å². The van der Waals surface area contributed by atoms with Crippen molar-refractivity contribution in [3.05, 3.63) is 59.9 Å². The Kier molecular flexibility index (Phi) is 4.49. The molecule has 2 aliphatic heterocycles. The fraction of sp³-hybridized carbons (Fsp3) is 0.391. The second kappa shape index (κ2) is 7.17. The highest BCUT2D eigenvalue weighted by Gasteiger charge is 2.51. The summed E-state index contributed by atoms with van der Waals surface area (Å²) in [6, 6.07) is 14.7. The molecule has 1 aliphatic carbocycles. The minimum absolute atomic E-state index is 0.0732. The third kappa shape index (κ3) is 3.26. The van der Waals surface area contributed by atoms with Gasteiger partial charge < -0.3 is 14.7 Å². The Labute approximate surface area is 169 Å². The molecule has 2 aromatic carbocycles. The Morgan fingerprint density at radius 3 is 2.21 bits per heavy atom. The van der Waals surface area contributed by atoms with Gasteiger partial charge in [0.25, 0.3) is 0 Å². The summed E-state index contributed by atoms with van der Waals surface area (Å²) in [7, 11) is 0. The van der Waals surface area contributed by atoms with Gasteiger partial charge in [0.2, 0.25) is 11.8 Å². The number of piperazine rings is 1. The molecule has 0 radical (unpaired) electrons. The van der Waals surface area contributed by atoms with E-state index in [0.717, 1.165) is 12.1 Å². The Morgan fingerprint density at radius 1 is 0.793 bits per heavy atom. The number of rotatable bonds is 3. The second-order valence-corrected chi connectivity index (χ2v) is 8.08. The Morgan fingerprint density at radius 2 is 1.45 bits per heavy atom. The molecule has 1 saturated carbocycles. The first kappa shape index (κ1) is 18.2. The van der Waals surface area contributed by atoms with Crippen LogP contribution in [0.1, 0.15) is 12.0 Å². The van der Waals surface area contributed by atoms with Crippen LogP contribution in [-0.2, 0) is 16.0 Å². The fourth-order valence-corrected chi connectivity index (χ4v) is 4.62. The molecule has 6 heteroatoms. The standard InChI is InChI=1S/C23H24FN3O2/c24-19-6-2-4-8-21(19)25-11-13-26(14-12-25)22(28)17-15-18(17)23(29)27-10-9-16-5-1-3-7-20(16)27/h1-8,17-18H,9-15H2. The van der Waals surface area contributed by atoms with E-state index >= 15 is 0 Å². The van der Waals surface area contributed by atoms with Gasteiger partial charge in [-0.25, -0.2) is 4.39 Å². The van der Waals surface area contributed by atoms with E-state index in [0.29, 0.717) is 44.8 Å². The van der Waals surface area contributed by atoms with E-state index in [9.17, 15) is 14.0 Å². The van der Waals surface area contributed by atoms with Crippen molar-refractivity contribution in [2.24, 2.45) is 11.8 Å². The molecule has 5 nitrogen and oxygen atoms in total. The van der Waals surface area contributed by atoms with E-state index in [4.69, 9.17) is 0 Å². The van der Waals surface area contributed by atoms with E-state index in [1.165, 1.54) is 11.6 Å². The Balaban J connectivity index is 1.18. The van der Waals surface area contributed by atoms with Crippen molar-refractivity contribution in [2.75, 3.05) is 42.5 Å². The number of nitrogens with zero attached hydrogens (tertiary/aromatic N) is 3. The van der Waals surface area contributed by atoms with Gasteiger partial charge in [-0.2, -0.15) is 0 Å². The highest BCUT2D eigenvalue weighted by molar-refractivity contribution is 6.02. The summed E-state index contributed by atoms with van der Waals surface area (Å²) in [5.74, 6) is -0.470. The molecule has 29 heavy (non-hydrogen) atoms. The van der Waals surface area contributed by atoms with E-state index in [1.54, 1.807) is 12.1 Å². The third-order valence-electron chi connectivity index (χ3n) is 6.36. The van der Waals surface area contributed by atoms with Gasteiger partial charge in [0, 0.05) is 38.4 Å². The molecule has 0 aromatic heterocycles. The lowest BCUT2D eigenvalue weighted by atomic mass is 10.2. The smallest absolute Gasteiger partial charge is 0.230 e. The SMILES string of the molecule is O=C(C1CC1C(=O)N1CCc2ccccc21)N1CCN(c2ccccc2F)CC1. The monoisotopic (exact) mass is 393 g/mol. The largest absolute Gasteiger partial charge is 0.366 e. The predicted molar refractivity (Wildman–Crippen MR) is 109 cm³/mol. The molecule has 0 spiro atoms. The Bertz CT molecular complexity index is 955. The molecule has 2 unspecified atom stereocenters. The molecule has 3 aliphatic rings. The van der Waals surface area contributed by atoms with Crippen molar-refractivity contribution in [1.82, 2.24) is 4.90 Å². The van der Waals surface area contributed by atoms with Gasteiger partial charge in [-0.15, -0.1) is 0 Å². The molecular weight excluding hydrogens is 369 g/mol. The molecule has 0 bridgehead atoms. The molecule has 2 heterocycles. The first-order valence-corrected chi connectivity index (χ1v) is 10.3. The summed E-state index contributed by atoms with van der Waals surface area (Å²) < 4.78 is 14.0. The number of halogens is 1. The van der Waals surface area contributed by atoms with Crippen LogP contribution in [0.5, 0.6) is 0 Å². The van der Waals surface area contributed by atoms with Crippen LogP contribution in [0, 0.1) is 17.7 Å². The number of hydrogen-bond donors (Lipinski definition) is 0. The van der Waals surface area contributed by atoms with Gasteiger partial charge in [0.15, 0.2) is 0 Å². The quantitative estimate of drug-likeness (QED) is 0.805. The number of benzene rings is 2. The number of carbonyl (C=O) groups excluding carboxylic acids is 2. The normalized spacial score (nSPS) is 23.1. The summed E-state index contributed by atoms with van der Waals surface area (Å²) in [4.78, 5) is 31.5. The number of fused-ring (bicyclic) bond motifs is 1. The molecule has 5 rings (SSSR count). The minimum Gasteiger partial charge on any atom is -0.366 e. The van der Waals surface area contributed by atoms with Gasteiger partial charge in [-0.05, 0) is 36.6 Å². The molecule has 1 saturated heterocycles. The highest BCUT2D eigenvalue weighted by Crippen LogP contribution is 2.43. The van der Waals surface area contributed by atoms with Crippen molar-refractivity contribution < 1.29 is 14.0 Å². The number of para-hydroxylation sites is 2. The summed E-state index contributed by atoms with van der Waals surface area (Å²) >= 11 is 0. The van der Waals surface area contributed by atoms with Crippen LogP contribution in [0.2, 0.25) is 0 Å². The van der Waals surface area contributed by atoms with Crippen LogP contribution in [0.4, 0.5) is 15.8 Å². The fourth-order valence-electron chi connectivity index (χ4n) is 4.62. The van der Waals surface area contributed by atoms with E-state index < -0.39 is 0 Å². The van der Waals surface area contributed by atoms with Crippen molar-refractivity contribution in [3.63, 3.8) is 0 Å². The second-order valence-electron chi connectivity index (χ2n) is 8.08. The Hall–Kier alpha value is -2.89. The number of amides is 2. The van der Waals surface area contributed by atoms with Crippen molar-refractivity contribution in [2.45, 2.75) is 12.8 Å². The van der Waals surface area contributed by atoms with Gasteiger partial charge in [-0.1, -0.05) is 30.3 Å². The third-order valence-corrected chi connectivity index (χ3v) is 6.36. The van der Waals surface area contributed by atoms with Gasteiger partial charge in [0.05, 0.1) is 17.5 Å². The molecular formula is C23H24FN3O2. The van der Waals surface area contributed by atoms with E-state index in [-0.39, 0.29) is 29.5 Å². The van der Waals surface area contributed by atoms with E-state index in [1.807, 2.05) is 39.0 Å². The average Bonchev–Trinajstić information content (AvgIpc) is 3.45. The maximum Gasteiger partial charge on any atom is 0.230 e. The molecule has 2 aromatic rings. The van der Waals surface area contributed by atoms with E-state index in [2.05, 4.69) is 6.07 Å². The molecule has 2 amide bonds. The zero-order valence-electron chi connectivity index (χ0n) is 16.3. The average molecular weight is 393 g/mol. The topological polar surface area (TPSA) is 43.9 Å². The van der Waals surface area contributed by atoms with Gasteiger partial charge in [-0.3, -0.25) is 9.59 Å². The maximum absolute atomic E-state index is 14.0. The van der Waals surface area contributed by atoms with Gasteiger partial charge in [0.1, 0.15) is 5.82 Å². The summed E-state index contributed by atoms with van der Waals surface area (Å²) in [6.45, 7) is 3.06. The number of carbonyl (C=O) groups is 2. The lowest BCUT2D eigenvalue weighted by molar-refractivity contribution is -0.134. The summed E-state index contributed by atoms with van der Waals surface area (Å²) in [5, 5.41) is 0. The number of hydrogen-bond acceptors (Lipinski definition) is 3. The van der Waals surface area contributed by atoms with Crippen molar-refractivity contribution in [3.8, 4) is 0 Å². The maximum atomic E-state index is 14.0. The zero-order valence-corrected chi connectivity index (χ0v) is 16.3. The van der Waals surface area contributed by atoms with Crippen molar-refractivity contribution in [1.29, 1.82) is 0 Å². The molecule has 0 N–H and O–H groups in total. The predicted octanol–water partition coefficient (Wildman–Crippen LogP) is 2.70. The zero-order chi connectivity index (χ0) is 20.0. The highest BCUT2D eigenvalue weighted by atomic mass is 19.1. The van der Waals surface area contributed by atoms with Crippen LogP contribution in [0.15, 0.2) is 48.5 Å². The van der Waals surface area contributed by atoms with Crippen LogP contribution in [-0.4, -0.2) is 49.4 Å². The summed E-state index contributed by atoms with van der Waals surface area (Å²) in [5.41, 5.74) is 2.79. The molecule has 150 valence electrons. The first-order valence-electron chi connectivity index (χ1n) is 10.3. The summed E-state index contributed by atoms with van der Waals surface area (Å²) in [6.07, 6.45) is 1.52. The molecule has 2 atom stereocenters. The molecule has 2 fully saturated rings. The lowest BCUT2D eigenvalue weighted by Crippen LogP contribution is -2.49.